The summed E-state index contributed by atoms with van der Waals surface area (Å²) < 4.78 is 55.5. The van der Waals surface area contributed by atoms with Crippen LogP contribution >= 0.6 is 15.9 Å². The molecule has 1 heterocycles. The van der Waals surface area contributed by atoms with E-state index in [4.69, 9.17) is 9.47 Å². The minimum Gasteiger partial charge on any atom is -0.486 e. The minimum absolute atomic E-state index is 0.0322. The highest BCUT2D eigenvalue weighted by molar-refractivity contribution is 9.10. The topological polar surface area (TPSA) is 105 Å². The molecule has 1 aliphatic rings. The number of nitrogens with zero attached hydrogens (tertiary/aromatic N) is 2. The summed E-state index contributed by atoms with van der Waals surface area (Å²) in [7, 11) is -4.41. The maximum atomic E-state index is 14.5. The van der Waals surface area contributed by atoms with Gasteiger partial charge in [-0.2, -0.15) is 0 Å². The first kappa shape index (κ1) is 33.9. The van der Waals surface area contributed by atoms with Crippen molar-refractivity contribution < 1.29 is 31.9 Å². The average molecular weight is 725 g/mol. The van der Waals surface area contributed by atoms with E-state index in [2.05, 4.69) is 21.2 Å². The van der Waals surface area contributed by atoms with E-state index in [-0.39, 0.29) is 41.8 Å². The largest absolute Gasteiger partial charge is 0.486 e. The van der Waals surface area contributed by atoms with Crippen LogP contribution in [0, 0.1) is 5.82 Å². The molecule has 5 rings (SSSR count). The molecule has 12 heteroatoms. The van der Waals surface area contributed by atoms with Gasteiger partial charge >= 0.3 is 0 Å². The van der Waals surface area contributed by atoms with Gasteiger partial charge in [-0.3, -0.25) is 13.9 Å². The molecule has 0 saturated carbocycles. The highest BCUT2D eigenvalue weighted by Gasteiger charge is 2.35. The highest BCUT2D eigenvalue weighted by Crippen LogP contribution is 2.34. The summed E-state index contributed by atoms with van der Waals surface area (Å²) in [6, 6.07) is 24.8. The lowest BCUT2D eigenvalue weighted by molar-refractivity contribution is -0.140. The van der Waals surface area contributed by atoms with Crippen molar-refractivity contribution in [3.05, 3.63) is 118 Å². The van der Waals surface area contributed by atoms with Gasteiger partial charge in [-0.25, -0.2) is 12.8 Å². The van der Waals surface area contributed by atoms with Crippen LogP contribution in [0.1, 0.15) is 24.5 Å². The molecule has 0 aliphatic carbocycles. The predicted molar refractivity (Wildman–Crippen MR) is 180 cm³/mol. The Hall–Kier alpha value is -4.42. The van der Waals surface area contributed by atoms with Gasteiger partial charge in [0.2, 0.25) is 11.8 Å². The molecule has 4 aromatic rings. The van der Waals surface area contributed by atoms with Crippen LogP contribution in [-0.4, -0.2) is 57.5 Å². The number of fused-ring (bicyclic) bond motifs is 1. The lowest BCUT2D eigenvalue weighted by Crippen LogP contribution is -2.53. The molecule has 2 amide bonds. The summed E-state index contributed by atoms with van der Waals surface area (Å²) in [6.07, 6.45) is 0.890. The van der Waals surface area contributed by atoms with E-state index >= 15 is 0 Å². The Kier molecular flexibility index (Phi) is 11.2. The standard InChI is InChI=1S/C35H35BrFN3O6S/c1-2-18-38-35(42)31(21-25-6-4-3-5-7-25)39(23-26-8-10-27(36)11-9-26)34(41)24-40(29-14-12-28(37)13-15-29)47(43,44)30-16-17-32-33(22-30)46-20-19-45-32/h3-17,22,31H,2,18-21,23-24H2,1H3,(H,38,42)/t31-/m0/s1. The molecular formula is C35H35BrFN3O6S. The lowest BCUT2D eigenvalue weighted by atomic mass is 10.0. The molecule has 0 aromatic heterocycles. The Balaban J connectivity index is 1.56. The first-order chi connectivity index (χ1) is 22.7. The van der Waals surface area contributed by atoms with E-state index in [1.165, 1.54) is 35.2 Å². The van der Waals surface area contributed by atoms with E-state index in [1.54, 1.807) is 0 Å². The first-order valence-electron chi connectivity index (χ1n) is 15.2. The quantitative estimate of drug-likeness (QED) is 0.189. The van der Waals surface area contributed by atoms with Crippen molar-refractivity contribution in [2.45, 2.75) is 37.2 Å². The fourth-order valence-corrected chi connectivity index (χ4v) is 6.85. The van der Waals surface area contributed by atoms with Gasteiger partial charge in [-0.15, -0.1) is 0 Å². The second kappa shape index (κ2) is 15.4. The summed E-state index contributed by atoms with van der Waals surface area (Å²) >= 11 is 3.43. The van der Waals surface area contributed by atoms with Crippen LogP contribution in [0.4, 0.5) is 10.1 Å². The zero-order valence-corrected chi connectivity index (χ0v) is 28.2. The van der Waals surface area contributed by atoms with Crippen LogP contribution in [-0.2, 0) is 32.6 Å². The molecule has 1 N–H and O–H groups in total. The summed E-state index contributed by atoms with van der Waals surface area (Å²) in [4.78, 5) is 29.5. The van der Waals surface area contributed by atoms with Crippen LogP contribution < -0.4 is 19.1 Å². The number of nitrogens with one attached hydrogen (secondary N) is 1. The molecule has 246 valence electrons. The van der Waals surface area contributed by atoms with Crippen molar-refractivity contribution in [2.24, 2.45) is 0 Å². The Bertz CT molecular complexity index is 1790. The number of hydrogen-bond acceptors (Lipinski definition) is 6. The Morgan fingerprint density at radius 3 is 2.26 bits per heavy atom. The van der Waals surface area contributed by atoms with Gasteiger partial charge in [0, 0.05) is 30.0 Å². The first-order valence-corrected chi connectivity index (χ1v) is 17.4. The number of rotatable bonds is 13. The Labute approximate surface area is 282 Å². The molecule has 0 spiro atoms. The van der Waals surface area contributed by atoms with Crippen molar-refractivity contribution in [3.8, 4) is 11.5 Å². The summed E-state index contributed by atoms with van der Waals surface area (Å²) in [6.45, 7) is 2.30. The van der Waals surface area contributed by atoms with Gasteiger partial charge in [-0.05, 0) is 66.1 Å². The van der Waals surface area contributed by atoms with E-state index in [1.807, 2.05) is 61.5 Å². The summed E-state index contributed by atoms with van der Waals surface area (Å²) in [5.74, 6) is -0.878. The van der Waals surface area contributed by atoms with Crippen LogP contribution in [0.5, 0.6) is 11.5 Å². The van der Waals surface area contributed by atoms with Gasteiger partial charge in [-0.1, -0.05) is 65.3 Å². The number of hydrogen-bond donors (Lipinski definition) is 1. The Morgan fingerprint density at radius 1 is 0.894 bits per heavy atom. The fraction of sp³-hybridized carbons (Fsp3) is 0.257. The third-order valence-corrected chi connectivity index (χ3v) is 9.88. The van der Waals surface area contributed by atoms with Crippen molar-refractivity contribution in [3.63, 3.8) is 0 Å². The Morgan fingerprint density at radius 2 is 1.57 bits per heavy atom. The highest BCUT2D eigenvalue weighted by atomic mass is 79.9. The van der Waals surface area contributed by atoms with Crippen molar-refractivity contribution in [2.75, 3.05) is 30.6 Å². The molecule has 0 unspecified atom stereocenters. The number of anilines is 1. The van der Waals surface area contributed by atoms with Gasteiger partial charge in [0.15, 0.2) is 11.5 Å². The van der Waals surface area contributed by atoms with Gasteiger partial charge in [0.1, 0.15) is 31.6 Å². The molecule has 0 saturated heterocycles. The lowest BCUT2D eigenvalue weighted by Gasteiger charge is -2.34. The molecule has 0 bridgehead atoms. The van der Waals surface area contributed by atoms with E-state index in [9.17, 15) is 22.4 Å². The van der Waals surface area contributed by atoms with E-state index in [0.717, 1.165) is 32.0 Å². The third-order valence-electron chi connectivity index (χ3n) is 7.58. The maximum Gasteiger partial charge on any atom is 0.264 e. The molecule has 0 fully saturated rings. The molecule has 47 heavy (non-hydrogen) atoms. The number of carbonyl (C=O) groups excluding carboxylic acids is 2. The minimum atomic E-state index is -4.41. The zero-order chi connectivity index (χ0) is 33.4. The molecule has 9 nitrogen and oxygen atoms in total. The smallest absolute Gasteiger partial charge is 0.264 e. The number of ether oxygens (including phenoxy) is 2. The van der Waals surface area contributed by atoms with Crippen molar-refractivity contribution in [1.82, 2.24) is 10.2 Å². The average Bonchev–Trinajstić information content (AvgIpc) is 3.09. The predicted octanol–water partition coefficient (Wildman–Crippen LogP) is 5.72. The summed E-state index contributed by atoms with van der Waals surface area (Å²) in [5, 5.41) is 2.92. The van der Waals surface area contributed by atoms with Gasteiger partial charge < -0.3 is 19.7 Å². The van der Waals surface area contributed by atoms with Crippen LogP contribution in [0.2, 0.25) is 0 Å². The maximum absolute atomic E-state index is 14.5. The summed E-state index contributed by atoms with van der Waals surface area (Å²) in [5.41, 5.74) is 1.65. The molecule has 4 aromatic carbocycles. The second-order valence-corrected chi connectivity index (χ2v) is 13.7. The van der Waals surface area contributed by atoms with Crippen molar-refractivity contribution >= 4 is 43.5 Å². The van der Waals surface area contributed by atoms with E-state index in [0.29, 0.717) is 25.3 Å². The number of carbonyl (C=O) groups is 2. The normalized spacial score (nSPS) is 13.0. The van der Waals surface area contributed by atoms with Crippen LogP contribution in [0.25, 0.3) is 0 Å². The molecular weight excluding hydrogens is 689 g/mol. The monoisotopic (exact) mass is 723 g/mol. The van der Waals surface area contributed by atoms with E-state index < -0.39 is 34.3 Å². The zero-order valence-electron chi connectivity index (χ0n) is 25.8. The SMILES string of the molecule is CCCNC(=O)[C@H](Cc1ccccc1)N(Cc1ccc(Br)cc1)C(=O)CN(c1ccc(F)cc1)S(=O)(=O)c1ccc2c(c1)OCCO2. The molecule has 1 aliphatic heterocycles. The van der Waals surface area contributed by atoms with Crippen LogP contribution in [0.3, 0.4) is 0 Å². The molecule has 1 atom stereocenters. The number of sulfonamides is 1. The number of benzene rings is 4. The number of amides is 2. The number of halogens is 2. The third kappa shape index (κ3) is 8.49. The van der Waals surface area contributed by atoms with Gasteiger partial charge in [0.25, 0.3) is 10.0 Å². The molecule has 0 radical (unpaired) electrons. The fourth-order valence-electron chi connectivity index (χ4n) is 5.15. The van der Waals surface area contributed by atoms with Gasteiger partial charge in [0.05, 0.1) is 10.6 Å². The van der Waals surface area contributed by atoms with Crippen molar-refractivity contribution in [1.29, 1.82) is 0 Å². The second-order valence-electron chi connectivity index (χ2n) is 10.9. The van der Waals surface area contributed by atoms with Crippen LogP contribution in [0.15, 0.2) is 106 Å².